The molecule has 0 saturated heterocycles. The van der Waals surface area contributed by atoms with Crippen molar-refractivity contribution < 1.29 is 4.79 Å². The van der Waals surface area contributed by atoms with Crippen LogP contribution in [0.1, 0.15) is 29.2 Å². The molecule has 0 radical (unpaired) electrons. The monoisotopic (exact) mass is 382 g/mol. The Morgan fingerprint density at radius 2 is 2.12 bits per heavy atom. The van der Waals surface area contributed by atoms with E-state index in [0.717, 1.165) is 33.8 Å². The quantitative estimate of drug-likeness (QED) is 0.720. The summed E-state index contributed by atoms with van der Waals surface area (Å²) in [6.45, 7) is 0. The molecule has 2 aromatic carbocycles. The van der Waals surface area contributed by atoms with Gasteiger partial charge >= 0.3 is 0 Å². The predicted octanol–water partition coefficient (Wildman–Crippen LogP) is 4.29. The topological polar surface area (TPSA) is 34.0 Å². The van der Waals surface area contributed by atoms with Crippen LogP contribution in [-0.2, 0) is 24.7 Å². The first-order valence-corrected chi connectivity index (χ1v) is 9.02. The number of hydrogen-bond donors (Lipinski definition) is 1. The number of nitrogens with one attached hydrogen (secondary N) is 1. The molecular weight excluding hydrogens is 364 g/mol. The summed E-state index contributed by atoms with van der Waals surface area (Å²) >= 11 is 3.52. The molecular formula is C20H19BrN2O. The van der Waals surface area contributed by atoms with Gasteiger partial charge in [0.25, 0.3) is 0 Å². The molecule has 1 aliphatic rings. The molecule has 1 heterocycles. The van der Waals surface area contributed by atoms with Gasteiger partial charge in [-0.3, -0.25) is 4.79 Å². The molecule has 4 heteroatoms. The average molecular weight is 383 g/mol. The van der Waals surface area contributed by atoms with E-state index >= 15 is 0 Å². The Balaban J connectivity index is 1.52. The summed E-state index contributed by atoms with van der Waals surface area (Å²) in [7, 11) is 2.02. The molecule has 1 amide bonds. The Morgan fingerprint density at radius 1 is 1.29 bits per heavy atom. The number of halogens is 1. The number of aromatic nitrogens is 1. The minimum absolute atomic E-state index is 0.0899. The van der Waals surface area contributed by atoms with Gasteiger partial charge in [-0.25, -0.2) is 0 Å². The van der Waals surface area contributed by atoms with Crippen LogP contribution in [0.2, 0.25) is 0 Å². The molecule has 0 saturated carbocycles. The van der Waals surface area contributed by atoms with Crippen molar-refractivity contribution >= 4 is 32.7 Å². The number of para-hydroxylation sites is 1. The molecule has 0 bridgehead atoms. The third kappa shape index (κ3) is 2.75. The van der Waals surface area contributed by atoms with Crippen molar-refractivity contribution in [2.24, 2.45) is 7.05 Å². The number of carbonyl (C=O) groups is 1. The molecule has 3 nitrogen and oxygen atoms in total. The highest BCUT2D eigenvalue weighted by Crippen LogP contribution is 2.33. The first-order valence-electron chi connectivity index (χ1n) is 8.22. The van der Waals surface area contributed by atoms with Crippen LogP contribution in [0.4, 0.5) is 0 Å². The van der Waals surface area contributed by atoms with E-state index in [1.165, 1.54) is 11.1 Å². The second kappa shape index (κ2) is 6.10. The fourth-order valence-corrected chi connectivity index (χ4v) is 4.13. The van der Waals surface area contributed by atoms with Crippen molar-refractivity contribution in [1.82, 2.24) is 9.88 Å². The van der Waals surface area contributed by atoms with E-state index in [1.54, 1.807) is 0 Å². The van der Waals surface area contributed by atoms with Crippen LogP contribution in [0.3, 0.4) is 0 Å². The Bertz CT molecular complexity index is 929. The predicted molar refractivity (Wildman–Crippen MR) is 100.0 cm³/mol. The van der Waals surface area contributed by atoms with Crippen molar-refractivity contribution in [3.63, 3.8) is 0 Å². The van der Waals surface area contributed by atoms with Gasteiger partial charge in [-0.2, -0.15) is 0 Å². The lowest BCUT2D eigenvalue weighted by atomic mass is 10.1. The van der Waals surface area contributed by atoms with Crippen molar-refractivity contribution in [3.8, 4) is 0 Å². The molecule has 0 fully saturated rings. The van der Waals surface area contributed by atoms with Crippen LogP contribution in [0.15, 0.2) is 53.1 Å². The Labute approximate surface area is 149 Å². The summed E-state index contributed by atoms with van der Waals surface area (Å²) in [5.41, 5.74) is 4.83. The minimum Gasteiger partial charge on any atom is -0.350 e. The third-order valence-corrected chi connectivity index (χ3v) is 5.34. The highest BCUT2D eigenvalue weighted by Gasteiger charge is 2.24. The normalized spacial score (nSPS) is 16.3. The zero-order chi connectivity index (χ0) is 16.7. The standard InChI is InChI=1S/C20H19BrN2O/c1-23-12-14(17-4-2-3-5-19(17)23)11-20(24)22-18-9-6-13-10-15(21)7-8-16(13)18/h2-5,7-8,10,12,18H,6,9,11H2,1H3,(H,22,24). The summed E-state index contributed by atoms with van der Waals surface area (Å²) in [6, 6.07) is 14.7. The number of amides is 1. The van der Waals surface area contributed by atoms with Crippen molar-refractivity contribution in [3.05, 3.63) is 69.8 Å². The van der Waals surface area contributed by atoms with Crippen LogP contribution in [-0.4, -0.2) is 10.5 Å². The van der Waals surface area contributed by atoms with E-state index in [4.69, 9.17) is 0 Å². The average Bonchev–Trinajstić information content (AvgIpc) is 3.09. The van der Waals surface area contributed by atoms with E-state index in [1.807, 2.05) is 25.2 Å². The second-order valence-corrected chi connectivity index (χ2v) is 7.38. The smallest absolute Gasteiger partial charge is 0.224 e. The fraction of sp³-hybridized carbons (Fsp3) is 0.250. The number of carbonyl (C=O) groups excluding carboxylic acids is 1. The number of rotatable bonds is 3. The Kier molecular flexibility index (Phi) is 3.93. The van der Waals surface area contributed by atoms with Gasteiger partial charge in [0.15, 0.2) is 0 Å². The summed E-state index contributed by atoms with van der Waals surface area (Å²) in [4.78, 5) is 12.6. The van der Waals surface area contributed by atoms with Crippen molar-refractivity contribution in [2.45, 2.75) is 25.3 Å². The molecule has 3 aromatic rings. The number of hydrogen-bond acceptors (Lipinski definition) is 1. The number of benzene rings is 2. The first-order chi connectivity index (χ1) is 11.6. The van der Waals surface area contributed by atoms with Crippen LogP contribution in [0.5, 0.6) is 0 Å². The van der Waals surface area contributed by atoms with Crippen LogP contribution < -0.4 is 5.32 Å². The van der Waals surface area contributed by atoms with Crippen LogP contribution in [0.25, 0.3) is 10.9 Å². The SMILES string of the molecule is Cn1cc(CC(=O)NC2CCc3cc(Br)ccc32)c2ccccc21. The maximum absolute atomic E-state index is 12.6. The van der Waals surface area contributed by atoms with Gasteiger partial charge in [0.2, 0.25) is 5.91 Å². The zero-order valence-electron chi connectivity index (χ0n) is 13.6. The van der Waals surface area contributed by atoms with E-state index in [9.17, 15) is 4.79 Å². The lowest BCUT2D eigenvalue weighted by molar-refractivity contribution is -0.121. The zero-order valence-corrected chi connectivity index (χ0v) is 15.1. The third-order valence-electron chi connectivity index (χ3n) is 4.85. The molecule has 1 atom stereocenters. The molecule has 24 heavy (non-hydrogen) atoms. The molecule has 4 rings (SSSR count). The lowest BCUT2D eigenvalue weighted by Gasteiger charge is -2.14. The van der Waals surface area contributed by atoms with Gasteiger partial charge in [0.1, 0.15) is 0 Å². The summed E-state index contributed by atoms with van der Waals surface area (Å²) in [5, 5.41) is 4.37. The summed E-state index contributed by atoms with van der Waals surface area (Å²) < 4.78 is 3.18. The molecule has 1 aliphatic carbocycles. The molecule has 0 spiro atoms. The van der Waals surface area contributed by atoms with E-state index in [2.05, 4.69) is 56.3 Å². The molecule has 122 valence electrons. The summed E-state index contributed by atoms with van der Waals surface area (Å²) in [6.07, 6.45) is 4.48. The maximum atomic E-state index is 12.6. The van der Waals surface area contributed by atoms with E-state index in [0.29, 0.717) is 6.42 Å². The Hall–Kier alpha value is -2.07. The van der Waals surface area contributed by atoms with Gasteiger partial charge in [-0.1, -0.05) is 40.2 Å². The highest BCUT2D eigenvalue weighted by atomic mass is 79.9. The largest absolute Gasteiger partial charge is 0.350 e. The number of fused-ring (bicyclic) bond motifs is 2. The number of aryl methyl sites for hydroxylation is 2. The van der Waals surface area contributed by atoms with Gasteiger partial charge in [0, 0.05) is 28.6 Å². The van der Waals surface area contributed by atoms with Crippen molar-refractivity contribution in [1.29, 1.82) is 0 Å². The Morgan fingerprint density at radius 3 is 3.00 bits per heavy atom. The molecule has 1 aromatic heterocycles. The lowest BCUT2D eigenvalue weighted by Crippen LogP contribution is -2.28. The summed E-state index contributed by atoms with van der Waals surface area (Å²) in [5.74, 6) is 0.0899. The van der Waals surface area contributed by atoms with E-state index in [-0.39, 0.29) is 11.9 Å². The van der Waals surface area contributed by atoms with E-state index < -0.39 is 0 Å². The van der Waals surface area contributed by atoms with Gasteiger partial charge in [-0.15, -0.1) is 0 Å². The number of nitrogens with zero attached hydrogens (tertiary/aromatic N) is 1. The van der Waals surface area contributed by atoms with Gasteiger partial charge in [-0.05, 0) is 47.7 Å². The first kappa shape index (κ1) is 15.5. The minimum atomic E-state index is 0.0899. The highest BCUT2D eigenvalue weighted by molar-refractivity contribution is 9.10. The van der Waals surface area contributed by atoms with Gasteiger partial charge in [0.05, 0.1) is 12.5 Å². The molecule has 1 N–H and O–H groups in total. The molecule has 1 unspecified atom stereocenters. The van der Waals surface area contributed by atoms with Crippen LogP contribution in [0, 0.1) is 0 Å². The second-order valence-electron chi connectivity index (χ2n) is 6.46. The maximum Gasteiger partial charge on any atom is 0.224 e. The van der Waals surface area contributed by atoms with Gasteiger partial charge < -0.3 is 9.88 Å². The fourth-order valence-electron chi connectivity index (χ4n) is 3.72. The molecule has 0 aliphatic heterocycles. The van der Waals surface area contributed by atoms with Crippen molar-refractivity contribution in [2.75, 3.05) is 0 Å². The van der Waals surface area contributed by atoms with Crippen LogP contribution >= 0.6 is 15.9 Å².